The Bertz CT molecular complexity index is 450. The van der Waals surface area contributed by atoms with Crippen molar-refractivity contribution in [1.29, 1.82) is 0 Å². The second-order valence-electron chi connectivity index (χ2n) is 2.89. The molecule has 2 aromatic rings. The highest BCUT2D eigenvalue weighted by molar-refractivity contribution is 7.12. The van der Waals surface area contributed by atoms with Gasteiger partial charge in [-0.1, -0.05) is 11.6 Å². The third-order valence-corrected chi connectivity index (χ3v) is 3.07. The van der Waals surface area contributed by atoms with E-state index in [2.05, 4.69) is 5.32 Å². The standard InChI is InChI=1S/C10H8ClNO2S/c11-7-4-9(15-6-7)10(13)12-5-8-2-1-3-14-8/h1-4,6H,5H2,(H,12,13). The van der Waals surface area contributed by atoms with E-state index in [1.54, 1.807) is 23.8 Å². The van der Waals surface area contributed by atoms with E-state index in [9.17, 15) is 4.79 Å². The number of halogens is 1. The van der Waals surface area contributed by atoms with E-state index in [1.165, 1.54) is 11.3 Å². The number of hydrogen-bond donors (Lipinski definition) is 1. The first-order chi connectivity index (χ1) is 7.25. The van der Waals surface area contributed by atoms with Crippen LogP contribution in [0.2, 0.25) is 5.02 Å². The number of carbonyl (C=O) groups excluding carboxylic acids is 1. The van der Waals surface area contributed by atoms with Gasteiger partial charge in [0, 0.05) is 5.38 Å². The number of thiophene rings is 1. The molecule has 0 aromatic carbocycles. The van der Waals surface area contributed by atoms with Crippen LogP contribution < -0.4 is 5.32 Å². The quantitative estimate of drug-likeness (QED) is 0.898. The molecule has 0 fully saturated rings. The normalized spacial score (nSPS) is 10.2. The van der Waals surface area contributed by atoms with Crippen molar-refractivity contribution in [2.24, 2.45) is 0 Å². The molecule has 2 aromatic heterocycles. The van der Waals surface area contributed by atoms with Gasteiger partial charge in [-0.2, -0.15) is 0 Å². The Hall–Kier alpha value is -1.26. The topological polar surface area (TPSA) is 42.2 Å². The molecule has 78 valence electrons. The molecule has 0 aliphatic carbocycles. The summed E-state index contributed by atoms with van der Waals surface area (Å²) in [4.78, 5) is 12.2. The van der Waals surface area contributed by atoms with Crippen molar-refractivity contribution in [1.82, 2.24) is 5.32 Å². The zero-order valence-corrected chi connectivity index (χ0v) is 9.27. The van der Waals surface area contributed by atoms with Crippen molar-refractivity contribution in [3.05, 3.63) is 45.5 Å². The van der Waals surface area contributed by atoms with Gasteiger partial charge in [0.1, 0.15) is 5.76 Å². The lowest BCUT2D eigenvalue weighted by atomic mass is 10.4. The van der Waals surface area contributed by atoms with E-state index in [4.69, 9.17) is 16.0 Å². The van der Waals surface area contributed by atoms with Crippen LogP contribution in [-0.2, 0) is 6.54 Å². The van der Waals surface area contributed by atoms with Crippen LogP contribution in [0.3, 0.4) is 0 Å². The number of nitrogens with one attached hydrogen (secondary N) is 1. The summed E-state index contributed by atoms with van der Waals surface area (Å²) in [6.07, 6.45) is 1.57. The van der Waals surface area contributed by atoms with Crippen LogP contribution in [0.15, 0.2) is 34.3 Å². The summed E-state index contributed by atoms with van der Waals surface area (Å²) in [5.74, 6) is 0.592. The van der Waals surface area contributed by atoms with Crippen LogP contribution in [0.4, 0.5) is 0 Å². The molecular weight excluding hydrogens is 234 g/mol. The molecule has 1 N–H and O–H groups in total. The molecule has 0 aliphatic heterocycles. The number of carbonyl (C=O) groups is 1. The van der Waals surface area contributed by atoms with Gasteiger partial charge in [0.2, 0.25) is 0 Å². The van der Waals surface area contributed by atoms with E-state index < -0.39 is 0 Å². The smallest absolute Gasteiger partial charge is 0.261 e. The summed E-state index contributed by atoms with van der Waals surface area (Å²) >= 11 is 7.04. The van der Waals surface area contributed by atoms with E-state index in [-0.39, 0.29) is 5.91 Å². The maximum absolute atomic E-state index is 11.6. The van der Waals surface area contributed by atoms with Crippen molar-refractivity contribution < 1.29 is 9.21 Å². The summed E-state index contributed by atoms with van der Waals surface area (Å²) < 4.78 is 5.09. The Kier molecular flexibility index (Phi) is 3.08. The minimum Gasteiger partial charge on any atom is -0.467 e. The zero-order valence-electron chi connectivity index (χ0n) is 7.70. The van der Waals surface area contributed by atoms with Gasteiger partial charge in [-0.25, -0.2) is 0 Å². The lowest BCUT2D eigenvalue weighted by Gasteiger charge is -1.99. The molecule has 2 heterocycles. The Balaban J connectivity index is 1.93. The molecule has 0 saturated heterocycles. The predicted octanol–water partition coefficient (Wildman–Crippen LogP) is 2.92. The van der Waals surface area contributed by atoms with Gasteiger partial charge < -0.3 is 9.73 Å². The van der Waals surface area contributed by atoms with E-state index in [1.807, 2.05) is 6.07 Å². The van der Waals surface area contributed by atoms with Crippen molar-refractivity contribution in [2.75, 3.05) is 0 Å². The molecule has 0 aliphatic rings. The van der Waals surface area contributed by atoms with Crippen molar-refractivity contribution >= 4 is 28.8 Å². The molecule has 15 heavy (non-hydrogen) atoms. The minimum absolute atomic E-state index is 0.136. The van der Waals surface area contributed by atoms with Crippen molar-refractivity contribution in [3.63, 3.8) is 0 Å². The van der Waals surface area contributed by atoms with Gasteiger partial charge in [0.05, 0.1) is 22.7 Å². The van der Waals surface area contributed by atoms with Crippen LogP contribution in [-0.4, -0.2) is 5.91 Å². The second kappa shape index (κ2) is 4.51. The largest absolute Gasteiger partial charge is 0.467 e. The predicted molar refractivity (Wildman–Crippen MR) is 59.2 cm³/mol. The molecule has 1 amide bonds. The number of hydrogen-bond acceptors (Lipinski definition) is 3. The van der Waals surface area contributed by atoms with Gasteiger partial charge >= 0.3 is 0 Å². The molecule has 5 heteroatoms. The lowest BCUT2D eigenvalue weighted by Crippen LogP contribution is -2.21. The molecule has 3 nitrogen and oxygen atoms in total. The van der Waals surface area contributed by atoms with Crippen LogP contribution in [0, 0.1) is 0 Å². The summed E-state index contributed by atoms with van der Waals surface area (Å²) in [6.45, 7) is 0.390. The average Bonchev–Trinajstić information content (AvgIpc) is 2.84. The molecule has 0 spiro atoms. The van der Waals surface area contributed by atoms with Crippen LogP contribution >= 0.6 is 22.9 Å². The SMILES string of the molecule is O=C(NCc1ccco1)c1cc(Cl)cs1. The fourth-order valence-corrected chi connectivity index (χ4v) is 2.09. The monoisotopic (exact) mass is 241 g/mol. The number of furan rings is 1. The number of rotatable bonds is 3. The minimum atomic E-state index is -0.136. The van der Waals surface area contributed by atoms with Gasteiger partial charge in [0.25, 0.3) is 5.91 Å². The van der Waals surface area contributed by atoms with Crippen LogP contribution in [0.1, 0.15) is 15.4 Å². The highest BCUT2D eigenvalue weighted by atomic mass is 35.5. The maximum Gasteiger partial charge on any atom is 0.261 e. The van der Waals surface area contributed by atoms with Gasteiger partial charge in [-0.05, 0) is 18.2 Å². The molecule has 0 atom stereocenters. The molecule has 0 radical (unpaired) electrons. The fourth-order valence-electron chi connectivity index (χ4n) is 1.10. The summed E-state index contributed by atoms with van der Waals surface area (Å²) in [7, 11) is 0. The zero-order chi connectivity index (χ0) is 10.7. The lowest BCUT2D eigenvalue weighted by molar-refractivity contribution is 0.0952. The van der Waals surface area contributed by atoms with Crippen molar-refractivity contribution in [2.45, 2.75) is 6.54 Å². The first-order valence-corrected chi connectivity index (χ1v) is 5.56. The highest BCUT2D eigenvalue weighted by Crippen LogP contribution is 2.18. The molecule has 0 saturated carbocycles. The maximum atomic E-state index is 11.6. The van der Waals surface area contributed by atoms with Gasteiger partial charge in [0.15, 0.2) is 0 Å². The van der Waals surface area contributed by atoms with Gasteiger partial charge in [-0.15, -0.1) is 11.3 Å². The van der Waals surface area contributed by atoms with E-state index in [0.29, 0.717) is 16.4 Å². The van der Waals surface area contributed by atoms with E-state index in [0.717, 1.165) is 5.76 Å². The Morgan fingerprint density at radius 2 is 2.47 bits per heavy atom. The summed E-state index contributed by atoms with van der Waals surface area (Å²) in [5.41, 5.74) is 0. The first-order valence-electron chi connectivity index (χ1n) is 4.30. The summed E-state index contributed by atoms with van der Waals surface area (Å²) in [5, 5.41) is 5.05. The number of amides is 1. The Morgan fingerprint density at radius 3 is 3.07 bits per heavy atom. The van der Waals surface area contributed by atoms with Crippen LogP contribution in [0.5, 0.6) is 0 Å². The molecule has 0 unspecified atom stereocenters. The third kappa shape index (κ3) is 2.61. The van der Waals surface area contributed by atoms with Gasteiger partial charge in [-0.3, -0.25) is 4.79 Å². The Morgan fingerprint density at radius 1 is 1.60 bits per heavy atom. The first kappa shape index (κ1) is 10.3. The highest BCUT2D eigenvalue weighted by Gasteiger charge is 2.08. The van der Waals surface area contributed by atoms with Crippen LogP contribution in [0.25, 0.3) is 0 Å². The molecular formula is C10H8ClNO2S. The van der Waals surface area contributed by atoms with E-state index >= 15 is 0 Å². The van der Waals surface area contributed by atoms with Crippen molar-refractivity contribution in [3.8, 4) is 0 Å². The molecule has 0 bridgehead atoms. The third-order valence-electron chi connectivity index (χ3n) is 1.79. The molecule has 2 rings (SSSR count). The second-order valence-corrected chi connectivity index (χ2v) is 4.24. The average molecular weight is 242 g/mol. The Labute approximate surface area is 95.7 Å². The summed E-state index contributed by atoms with van der Waals surface area (Å²) in [6, 6.07) is 5.23. The fraction of sp³-hybridized carbons (Fsp3) is 0.100.